The molecule has 3 rings (SSSR count). The highest BCUT2D eigenvalue weighted by molar-refractivity contribution is 8.01. The van der Waals surface area contributed by atoms with E-state index in [1.165, 1.54) is 4.90 Å². The third-order valence-electron chi connectivity index (χ3n) is 4.83. The van der Waals surface area contributed by atoms with E-state index in [9.17, 15) is 9.59 Å². The van der Waals surface area contributed by atoms with Crippen molar-refractivity contribution in [1.29, 1.82) is 0 Å². The van der Waals surface area contributed by atoms with E-state index in [0.717, 1.165) is 12.0 Å². The highest BCUT2D eigenvalue weighted by Crippen LogP contribution is 2.57. The molecule has 0 unspecified atom stereocenters. The van der Waals surface area contributed by atoms with Gasteiger partial charge in [-0.2, -0.15) is 0 Å². The SMILES string of the molecule is CC[C@@H]1C(=O)N2[C@@H]1SC(C)(C)[C@]2(N)C(=O)OCc1ccccc1. The van der Waals surface area contributed by atoms with Gasteiger partial charge in [-0.15, -0.1) is 11.8 Å². The Morgan fingerprint density at radius 2 is 2.00 bits per heavy atom. The fraction of sp³-hybridized carbons (Fsp3) is 0.529. The lowest BCUT2D eigenvalue weighted by atomic mass is 9.86. The molecule has 0 bridgehead atoms. The highest BCUT2D eigenvalue weighted by atomic mass is 32.2. The maximum absolute atomic E-state index is 12.7. The molecule has 2 aliphatic rings. The Hall–Kier alpha value is -1.53. The number of nitrogens with zero attached hydrogens (tertiary/aromatic N) is 1. The Bertz CT molecular complexity index is 634. The van der Waals surface area contributed by atoms with Gasteiger partial charge in [-0.1, -0.05) is 37.3 Å². The van der Waals surface area contributed by atoms with Crippen molar-refractivity contribution in [3.8, 4) is 0 Å². The third-order valence-corrected chi connectivity index (χ3v) is 6.51. The van der Waals surface area contributed by atoms with Crippen molar-refractivity contribution in [3.05, 3.63) is 35.9 Å². The molecule has 0 aromatic heterocycles. The first kappa shape index (κ1) is 16.3. The van der Waals surface area contributed by atoms with Gasteiger partial charge in [0.05, 0.1) is 16.0 Å². The summed E-state index contributed by atoms with van der Waals surface area (Å²) in [5, 5.41) is -0.0308. The zero-order valence-electron chi connectivity index (χ0n) is 13.6. The number of thioether (sulfide) groups is 1. The third kappa shape index (κ3) is 2.27. The van der Waals surface area contributed by atoms with Gasteiger partial charge in [0.1, 0.15) is 6.61 Å². The van der Waals surface area contributed by atoms with Gasteiger partial charge in [0.25, 0.3) is 0 Å². The maximum Gasteiger partial charge on any atom is 0.348 e. The van der Waals surface area contributed by atoms with Crippen molar-refractivity contribution in [1.82, 2.24) is 4.90 Å². The minimum absolute atomic E-state index is 0.0308. The van der Waals surface area contributed by atoms with E-state index in [1.807, 2.05) is 51.1 Å². The second-order valence-corrected chi connectivity index (χ2v) is 8.31. The topological polar surface area (TPSA) is 72.6 Å². The van der Waals surface area contributed by atoms with Crippen molar-refractivity contribution in [2.24, 2.45) is 11.7 Å². The molecular formula is C17H22N2O3S. The van der Waals surface area contributed by atoms with Crippen LogP contribution in [0.5, 0.6) is 0 Å². The lowest BCUT2D eigenvalue weighted by Gasteiger charge is -2.48. The predicted molar refractivity (Wildman–Crippen MR) is 89.2 cm³/mol. The lowest BCUT2D eigenvalue weighted by molar-refractivity contribution is -0.178. The summed E-state index contributed by atoms with van der Waals surface area (Å²) in [6.07, 6.45) is 0.762. The van der Waals surface area contributed by atoms with Crippen LogP contribution in [0.3, 0.4) is 0 Å². The van der Waals surface area contributed by atoms with Crippen LogP contribution < -0.4 is 5.73 Å². The molecule has 3 atom stereocenters. The molecule has 0 spiro atoms. The van der Waals surface area contributed by atoms with Crippen LogP contribution in [0.15, 0.2) is 30.3 Å². The van der Waals surface area contributed by atoms with Crippen LogP contribution in [0, 0.1) is 5.92 Å². The van der Waals surface area contributed by atoms with Gasteiger partial charge < -0.3 is 9.64 Å². The van der Waals surface area contributed by atoms with Crippen molar-refractivity contribution in [3.63, 3.8) is 0 Å². The number of nitrogens with two attached hydrogens (primary N) is 1. The van der Waals surface area contributed by atoms with Gasteiger partial charge >= 0.3 is 5.97 Å². The Labute approximate surface area is 140 Å². The molecule has 2 aliphatic heterocycles. The van der Waals surface area contributed by atoms with Crippen LogP contribution >= 0.6 is 11.8 Å². The number of carbonyl (C=O) groups excluding carboxylic acids is 2. The fourth-order valence-electron chi connectivity index (χ4n) is 3.27. The minimum Gasteiger partial charge on any atom is -0.458 e. The Balaban J connectivity index is 1.79. The molecule has 1 aromatic carbocycles. The summed E-state index contributed by atoms with van der Waals surface area (Å²) in [5.74, 6) is -0.634. The molecule has 0 saturated carbocycles. The van der Waals surface area contributed by atoms with Gasteiger partial charge in [-0.3, -0.25) is 10.5 Å². The molecule has 6 heteroatoms. The molecule has 2 N–H and O–H groups in total. The summed E-state index contributed by atoms with van der Waals surface area (Å²) >= 11 is 1.59. The number of amides is 1. The molecule has 2 heterocycles. The van der Waals surface area contributed by atoms with Crippen molar-refractivity contribution < 1.29 is 14.3 Å². The number of β-lactam (4-membered cyclic amide) rings is 1. The number of fused-ring (bicyclic) bond motifs is 1. The van der Waals surface area contributed by atoms with Gasteiger partial charge in [0.15, 0.2) is 0 Å². The molecular weight excluding hydrogens is 312 g/mol. The number of hydrogen-bond acceptors (Lipinski definition) is 5. The highest BCUT2D eigenvalue weighted by Gasteiger charge is 2.71. The van der Waals surface area contributed by atoms with E-state index in [-0.39, 0.29) is 23.8 Å². The maximum atomic E-state index is 12.7. The molecule has 1 amide bonds. The molecule has 2 fully saturated rings. The number of ether oxygens (including phenoxy) is 1. The van der Waals surface area contributed by atoms with Gasteiger partial charge in [-0.05, 0) is 25.8 Å². The van der Waals surface area contributed by atoms with Crippen LogP contribution in [0.2, 0.25) is 0 Å². The summed E-state index contributed by atoms with van der Waals surface area (Å²) in [5.41, 5.74) is 5.92. The molecule has 124 valence electrons. The quantitative estimate of drug-likeness (QED) is 0.674. The average molecular weight is 334 g/mol. The standard InChI is InChI=1S/C17H22N2O3S/c1-4-12-13(20)19-14(12)23-16(2,3)17(19,18)15(21)22-10-11-8-6-5-7-9-11/h5-9,12,14H,4,10,18H2,1-3H3/t12-,14-,17+/m1/s1. The van der Waals surface area contributed by atoms with Crippen molar-refractivity contribution in [2.45, 2.75) is 49.6 Å². The van der Waals surface area contributed by atoms with E-state index in [1.54, 1.807) is 11.8 Å². The average Bonchev–Trinajstić information content (AvgIpc) is 2.71. The van der Waals surface area contributed by atoms with Crippen molar-refractivity contribution in [2.75, 3.05) is 0 Å². The second-order valence-electron chi connectivity index (χ2n) is 6.57. The molecule has 2 saturated heterocycles. The van der Waals surface area contributed by atoms with Crippen LogP contribution in [0.25, 0.3) is 0 Å². The van der Waals surface area contributed by atoms with E-state index >= 15 is 0 Å². The molecule has 1 aromatic rings. The van der Waals surface area contributed by atoms with E-state index < -0.39 is 16.4 Å². The monoisotopic (exact) mass is 334 g/mol. The van der Waals surface area contributed by atoms with Crippen LogP contribution in [0.4, 0.5) is 0 Å². The van der Waals surface area contributed by atoms with Gasteiger partial charge in [-0.25, -0.2) is 4.79 Å². The number of esters is 1. The van der Waals surface area contributed by atoms with Crippen LogP contribution in [0.1, 0.15) is 32.8 Å². The summed E-state index contributed by atoms with van der Waals surface area (Å²) in [4.78, 5) is 26.6. The largest absolute Gasteiger partial charge is 0.458 e. The van der Waals surface area contributed by atoms with E-state index in [2.05, 4.69) is 0 Å². The fourth-order valence-corrected chi connectivity index (χ4v) is 5.08. The Morgan fingerprint density at radius 1 is 1.35 bits per heavy atom. The summed E-state index contributed by atoms with van der Waals surface area (Å²) < 4.78 is 4.86. The van der Waals surface area contributed by atoms with Gasteiger partial charge in [0.2, 0.25) is 11.6 Å². The summed E-state index contributed by atoms with van der Waals surface area (Å²) in [6, 6.07) is 9.45. The normalized spacial score (nSPS) is 31.5. The lowest BCUT2D eigenvalue weighted by Crippen LogP contribution is -2.75. The first-order chi connectivity index (χ1) is 10.8. The smallest absolute Gasteiger partial charge is 0.348 e. The van der Waals surface area contributed by atoms with Crippen LogP contribution in [-0.2, 0) is 20.9 Å². The molecule has 23 heavy (non-hydrogen) atoms. The zero-order valence-corrected chi connectivity index (χ0v) is 14.4. The Morgan fingerprint density at radius 3 is 2.61 bits per heavy atom. The number of hydrogen-bond donors (Lipinski definition) is 1. The summed E-state index contributed by atoms with van der Waals surface area (Å²) in [6.45, 7) is 5.94. The zero-order chi connectivity index (χ0) is 16.8. The van der Waals surface area contributed by atoms with Gasteiger partial charge in [0, 0.05) is 0 Å². The first-order valence-electron chi connectivity index (χ1n) is 7.84. The predicted octanol–water partition coefficient (Wildman–Crippen LogP) is 2.10. The molecule has 5 nitrogen and oxygen atoms in total. The minimum atomic E-state index is -1.42. The number of rotatable bonds is 4. The summed E-state index contributed by atoms with van der Waals surface area (Å²) in [7, 11) is 0. The molecule has 0 radical (unpaired) electrons. The van der Waals surface area contributed by atoms with Crippen molar-refractivity contribution >= 4 is 23.6 Å². The van der Waals surface area contributed by atoms with E-state index in [0.29, 0.717) is 0 Å². The number of carbonyl (C=O) groups is 2. The van der Waals surface area contributed by atoms with Crippen LogP contribution in [-0.4, -0.2) is 32.6 Å². The number of benzene rings is 1. The first-order valence-corrected chi connectivity index (χ1v) is 8.72. The molecule has 0 aliphatic carbocycles. The second kappa shape index (κ2) is 5.53. The Kier molecular flexibility index (Phi) is 3.92. The van der Waals surface area contributed by atoms with E-state index in [4.69, 9.17) is 10.5 Å².